The molecule has 5 nitrogen and oxygen atoms in total. The number of benzene rings is 1. The molecule has 5 rings (SSSR count). The molecule has 0 radical (unpaired) electrons. The number of rotatable bonds is 4. The number of aromatic nitrogens is 1. The number of para-hydroxylation sites is 1. The number of hydrazone groups is 1. The molecule has 130 valence electrons. The molecular formula is C21H19N3O2. The fourth-order valence-electron chi connectivity index (χ4n) is 4.79. The monoisotopic (exact) mass is 345 g/mol. The zero-order chi connectivity index (χ0) is 17.8. The number of imide groups is 1. The first-order valence-corrected chi connectivity index (χ1v) is 8.98. The molecule has 1 saturated carbocycles. The SMILES string of the molecule is C=CCn1cc(/C=N\N2C(=O)[C@@H]3[C@H](C2=O)[C@H]2C=C[C@@H]3C2)c2ccccc21. The first kappa shape index (κ1) is 15.3. The summed E-state index contributed by atoms with van der Waals surface area (Å²) in [7, 11) is 0. The lowest BCUT2D eigenvalue weighted by Crippen LogP contribution is -2.28. The van der Waals surface area contributed by atoms with Gasteiger partial charge in [-0.25, -0.2) is 0 Å². The maximum atomic E-state index is 12.7. The van der Waals surface area contributed by atoms with E-state index in [0.29, 0.717) is 6.54 Å². The molecule has 4 atom stereocenters. The Hall–Kier alpha value is -2.95. The van der Waals surface area contributed by atoms with Crippen molar-refractivity contribution in [3.63, 3.8) is 0 Å². The van der Waals surface area contributed by atoms with E-state index in [0.717, 1.165) is 27.9 Å². The van der Waals surface area contributed by atoms with Crippen LogP contribution in [-0.2, 0) is 16.1 Å². The first-order valence-electron chi connectivity index (χ1n) is 8.98. The topological polar surface area (TPSA) is 54.7 Å². The lowest BCUT2D eigenvalue weighted by molar-refractivity contribution is -0.140. The molecule has 3 aliphatic rings. The number of hydrogen-bond acceptors (Lipinski definition) is 3. The predicted octanol–water partition coefficient (Wildman–Crippen LogP) is 2.97. The normalized spacial score (nSPS) is 29.5. The Morgan fingerprint density at radius 2 is 1.81 bits per heavy atom. The van der Waals surface area contributed by atoms with Crippen LogP contribution < -0.4 is 0 Å². The van der Waals surface area contributed by atoms with Gasteiger partial charge in [-0.2, -0.15) is 10.1 Å². The van der Waals surface area contributed by atoms with Crippen molar-refractivity contribution >= 4 is 28.9 Å². The van der Waals surface area contributed by atoms with Crippen molar-refractivity contribution in [3.8, 4) is 0 Å². The number of hydrogen-bond donors (Lipinski definition) is 0. The van der Waals surface area contributed by atoms with Crippen molar-refractivity contribution in [2.24, 2.45) is 28.8 Å². The van der Waals surface area contributed by atoms with Crippen LogP contribution in [0.25, 0.3) is 10.9 Å². The quantitative estimate of drug-likeness (QED) is 0.486. The van der Waals surface area contributed by atoms with E-state index >= 15 is 0 Å². The first-order chi connectivity index (χ1) is 12.7. The molecule has 26 heavy (non-hydrogen) atoms. The summed E-state index contributed by atoms with van der Waals surface area (Å²) in [5, 5.41) is 6.44. The number of nitrogens with zero attached hydrogens (tertiary/aromatic N) is 3. The molecule has 0 N–H and O–H groups in total. The Morgan fingerprint density at radius 3 is 2.50 bits per heavy atom. The smallest absolute Gasteiger partial charge is 0.254 e. The highest BCUT2D eigenvalue weighted by atomic mass is 16.2. The Balaban J connectivity index is 1.48. The second kappa shape index (κ2) is 5.53. The molecular weight excluding hydrogens is 326 g/mol. The van der Waals surface area contributed by atoms with Crippen molar-refractivity contribution in [2.75, 3.05) is 0 Å². The predicted molar refractivity (Wildman–Crippen MR) is 99.3 cm³/mol. The van der Waals surface area contributed by atoms with E-state index in [9.17, 15) is 9.59 Å². The zero-order valence-electron chi connectivity index (χ0n) is 14.3. The Bertz CT molecular complexity index is 970. The third-order valence-corrected chi connectivity index (χ3v) is 5.90. The summed E-state index contributed by atoms with van der Waals surface area (Å²) in [4.78, 5) is 25.4. The fourth-order valence-corrected chi connectivity index (χ4v) is 4.79. The minimum atomic E-state index is -0.211. The largest absolute Gasteiger partial charge is 0.343 e. The maximum Gasteiger partial charge on any atom is 0.254 e. The third-order valence-electron chi connectivity index (χ3n) is 5.90. The number of carbonyl (C=O) groups excluding carboxylic acids is 2. The standard InChI is InChI=1S/C21H19N3O2/c1-2-9-23-12-15(16-5-3-4-6-17(16)23)11-22-24-20(25)18-13-7-8-14(10-13)19(18)21(24)26/h2-8,11-14,18-19H,1,9-10H2/b22-11-/t13-,14+,18+,19-. The van der Waals surface area contributed by atoms with Gasteiger partial charge in [-0.3, -0.25) is 9.59 Å². The molecule has 1 aliphatic heterocycles. The van der Waals surface area contributed by atoms with Crippen LogP contribution in [0.1, 0.15) is 12.0 Å². The fraction of sp³-hybridized carbons (Fsp3) is 0.286. The highest BCUT2D eigenvalue weighted by molar-refractivity contribution is 6.07. The average Bonchev–Trinajstić information content (AvgIpc) is 3.39. The van der Waals surface area contributed by atoms with Gasteiger partial charge in [0.25, 0.3) is 11.8 Å². The second-order valence-corrected chi connectivity index (χ2v) is 7.28. The van der Waals surface area contributed by atoms with Gasteiger partial charge in [0.1, 0.15) is 0 Å². The van der Waals surface area contributed by atoms with E-state index < -0.39 is 0 Å². The van der Waals surface area contributed by atoms with E-state index in [-0.39, 0.29) is 35.5 Å². The van der Waals surface area contributed by atoms with E-state index in [2.05, 4.69) is 28.4 Å². The van der Waals surface area contributed by atoms with Crippen LogP contribution in [0.5, 0.6) is 0 Å². The summed E-state index contributed by atoms with van der Waals surface area (Å²) in [5.41, 5.74) is 1.97. The van der Waals surface area contributed by atoms with Crippen molar-refractivity contribution in [3.05, 3.63) is 60.8 Å². The minimum Gasteiger partial charge on any atom is -0.343 e. The summed E-state index contributed by atoms with van der Waals surface area (Å²) >= 11 is 0. The number of amides is 2. The van der Waals surface area contributed by atoms with Gasteiger partial charge in [-0.05, 0) is 24.3 Å². The van der Waals surface area contributed by atoms with Crippen LogP contribution in [-0.4, -0.2) is 27.6 Å². The molecule has 2 aromatic rings. The van der Waals surface area contributed by atoms with Crippen molar-refractivity contribution in [1.82, 2.24) is 9.58 Å². The van der Waals surface area contributed by atoms with Gasteiger partial charge in [0.2, 0.25) is 0 Å². The van der Waals surface area contributed by atoms with Gasteiger partial charge < -0.3 is 4.57 Å². The molecule has 2 aliphatic carbocycles. The molecule has 0 spiro atoms. The molecule has 1 aromatic carbocycles. The summed E-state index contributed by atoms with van der Waals surface area (Å²) in [6.45, 7) is 4.49. The molecule has 2 bridgehead atoms. The Kier molecular flexibility index (Phi) is 3.26. The van der Waals surface area contributed by atoms with Gasteiger partial charge in [-0.15, -0.1) is 6.58 Å². The summed E-state index contributed by atoms with van der Waals surface area (Å²) < 4.78 is 2.08. The van der Waals surface area contributed by atoms with E-state index in [1.54, 1.807) is 6.21 Å². The van der Waals surface area contributed by atoms with Crippen LogP contribution in [0, 0.1) is 23.7 Å². The van der Waals surface area contributed by atoms with Gasteiger partial charge >= 0.3 is 0 Å². The second-order valence-electron chi connectivity index (χ2n) is 7.28. The summed E-state index contributed by atoms with van der Waals surface area (Å²) in [6.07, 6.45) is 10.6. The van der Waals surface area contributed by atoms with Crippen molar-refractivity contribution in [1.29, 1.82) is 0 Å². The van der Waals surface area contributed by atoms with Crippen molar-refractivity contribution in [2.45, 2.75) is 13.0 Å². The number of fused-ring (bicyclic) bond motifs is 6. The van der Waals surface area contributed by atoms with Gasteiger partial charge in [0.05, 0.1) is 18.1 Å². The zero-order valence-corrected chi connectivity index (χ0v) is 14.3. The summed E-state index contributed by atoms with van der Waals surface area (Å²) in [6, 6.07) is 8.01. The number of allylic oxidation sites excluding steroid dienone is 3. The maximum absolute atomic E-state index is 12.7. The molecule has 2 heterocycles. The van der Waals surface area contributed by atoms with Gasteiger partial charge in [0, 0.05) is 29.2 Å². The highest BCUT2D eigenvalue weighted by Gasteiger charge is 2.59. The molecule has 2 amide bonds. The molecule has 5 heteroatoms. The lowest BCUT2D eigenvalue weighted by Gasteiger charge is -2.13. The average molecular weight is 345 g/mol. The molecule has 0 unspecified atom stereocenters. The Labute approximate surface area is 151 Å². The lowest BCUT2D eigenvalue weighted by atomic mass is 9.85. The molecule has 2 fully saturated rings. The summed E-state index contributed by atoms with van der Waals surface area (Å²) in [5.74, 6) is -0.313. The van der Waals surface area contributed by atoms with Crippen LogP contribution in [0.4, 0.5) is 0 Å². The Morgan fingerprint density at radius 1 is 1.12 bits per heavy atom. The van der Waals surface area contributed by atoms with E-state index in [4.69, 9.17) is 0 Å². The van der Waals surface area contributed by atoms with Crippen LogP contribution in [0.3, 0.4) is 0 Å². The van der Waals surface area contributed by atoms with E-state index in [1.165, 1.54) is 0 Å². The molecule has 1 saturated heterocycles. The highest BCUT2D eigenvalue weighted by Crippen LogP contribution is 2.52. The third kappa shape index (κ3) is 2.00. The minimum absolute atomic E-state index is 0.150. The van der Waals surface area contributed by atoms with Crippen LogP contribution in [0.2, 0.25) is 0 Å². The van der Waals surface area contributed by atoms with E-state index in [1.807, 2.05) is 36.5 Å². The van der Waals surface area contributed by atoms with Gasteiger partial charge in [-0.1, -0.05) is 36.4 Å². The van der Waals surface area contributed by atoms with Crippen LogP contribution in [0.15, 0.2) is 60.4 Å². The van der Waals surface area contributed by atoms with Crippen LogP contribution >= 0.6 is 0 Å². The van der Waals surface area contributed by atoms with Crippen molar-refractivity contribution < 1.29 is 9.59 Å². The van der Waals surface area contributed by atoms with Gasteiger partial charge in [0.15, 0.2) is 0 Å². The molecule has 1 aromatic heterocycles. The number of carbonyl (C=O) groups is 2.